The van der Waals surface area contributed by atoms with E-state index in [2.05, 4.69) is 12.2 Å². The van der Waals surface area contributed by atoms with Crippen LogP contribution in [-0.2, 0) is 19.6 Å². The Kier molecular flexibility index (Phi) is 5.91. The molecule has 2 aliphatic rings. The highest BCUT2D eigenvalue weighted by molar-refractivity contribution is 7.88. The second-order valence-corrected chi connectivity index (χ2v) is 9.15. The first kappa shape index (κ1) is 19.2. The minimum Gasteiger partial charge on any atom is -0.480 e. The van der Waals surface area contributed by atoms with Gasteiger partial charge in [0.25, 0.3) is 0 Å². The van der Waals surface area contributed by atoms with Crippen molar-refractivity contribution in [2.45, 2.75) is 57.4 Å². The van der Waals surface area contributed by atoms with Gasteiger partial charge in [0.05, 0.1) is 6.26 Å². The number of sulfonamides is 1. The number of nitrogens with one attached hydrogen (secondary N) is 1. The monoisotopic (exact) mass is 360 g/mol. The molecule has 24 heavy (non-hydrogen) atoms. The van der Waals surface area contributed by atoms with Crippen molar-refractivity contribution in [3.63, 3.8) is 0 Å². The predicted molar refractivity (Wildman–Crippen MR) is 89.9 cm³/mol. The number of aliphatic carboxylic acids is 1. The molecule has 1 amide bonds. The van der Waals surface area contributed by atoms with Crippen LogP contribution in [0.4, 0.5) is 0 Å². The van der Waals surface area contributed by atoms with E-state index in [1.165, 1.54) is 10.6 Å². The number of nitrogens with zero attached hydrogens (tertiary/aromatic N) is 1. The second-order valence-electron chi connectivity index (χ2n) is 7.16. The van der Waals surface area contributed by atoms with Gasteiger partial charge in [-0.05, 0) is 44.4 Å². The lowest BCUT2D eigenvalue weighted by Crippen LogP contribution is -2.58. The molecule has 1 aliphatic heterocycles. The molecule has 0 aromatic rings. The Balaban J connectivity index is 1.96. The van der Waals surface area contributed by atoms with E-state index in [-0.39, 0.29) is 11.8 Å². The van der Waals surface area contributed by atoms with E-state index in [0.717, 1.165) is 19.3 Å². The Morgan fingerprint density at radius 3 is 2.12 bits per heavy atom. The Hall–Kier alpha value is -1.15. The number of hydrogen-bond acceptors (Lipinski definition) is 4. The first-order valence-corrected chi connectivity index (χ1v) is 10.5. The van der Waals surface area contributed by atoms with Crippen molar-refractivity contribution in [3.8, 4) is 0 Å². The molecule has 2 N–H and O–H groups in total. The summed E-state index contributed by atoms with van der Waals surface area (Å²) in [6.45, 7) is 2.73. The van der Waals surface area contributed by atoms with Crippen LogP contribution in [0, 0.1) is 11.8 Å². The third-order valence-corrected chi connectivity index (χ3v) is 6.90. The van der Waals surface area contributed by atoms with Crippen LogP contribution in [0.5, 0.6) is 0 Å². The van der Waals surface area contributed by atoms with E-state index >= 15 is 0 Å². The quantitative estimate of drug-likeness (QED) is 0.767. The standard InChI is InChI=1S/C16H28N2O5S/c1-3-12-4-8-16(9-5-12,15(20)21)17-14(19)13-6-10-18(11-7-13)24(2,22)23/h12-13H,3-11H2,1-2H3,(H,17,19)(H,20,21). The molecule has 0 atom stereocenters. The summed E-state index contributed by atoms with van der Waals surface area (Å²) in [4.78, 5) is 24.3. The smallest absolute Gasteiger partial charge is 0.329 e. The van der Waals surface area contributed by atoms with Gasteiger partial charge in [0.2, 0.25) is 15.9 Å². The van der Waals surface area contributed by atoms with E-state index in [4.69, 9.17) is 0 Å². The second kappa shape index (κ2) is 7.39. The van der Waals surface area contributed by atoms with E-state index in [1.807, 2.05) is 0 Å². The fraction of sp³-hybridized carbons (Fsp3) is 0.875. The molecule has 0 bridgehead atoms. The van der Waals surface area contributed by atoms with Crippen LogP contribution in [-0.4, -0.2) is 54.6 Å². The maximum absolute atomic E-state index is 12.5. The Morgan fingerprint density at radius 2 is 1.71 bits per heavy atom. The van der Waals surface area contributed by atoms with Gasteiger partial charge in [0, 0.05) is 19.0 Å². The lowest BCUT2D eigenvalue weighted by atomic mass is 9.75. The third-order valence-electron chi connectivity index (χ3n) is 5.60. The topological polar surface area (TPSA) is 104 Å². The molecular formula is C16H28N2O5S. The largest absolute Gasteiger partial charge is 0.480 e. The molecule has 2 rings (SSSR count). The van der Waals surface area contributed by atoms with Crippen LogP contribution in [0.2, 0.25) is 0 Å². The summed E-state index contributed by atoms with van der Waals surface area (Å²) in [6, 6.07) is 0. The number of carboxylic acid groups (broad SMARTS) is 1. The van der Waals surface area contributed by atoms with Gasteiger partial charge in [-0.3, -0.25) is 4.79 Å². The molecule has 8 heteroatoms. The van der Waals surface area contributed by atoms with Crippen LogP contribution in [0.3, 0.4) is 0 Å². The van der Waals surface area contributed by atoms with Crippen LogP contribution in [0.15, 0.2) is 0 Å². The summed E-state index contributed by atoms with van der Waals surface area (Å²) in [7, 11) is -3.23. The summed E-state index contributed by atoms with van der Waals surface area (Å²) in [5.74, 6) is -0.991. The first-order chi connectivity index (χ1) is 11.2. The summed E-state index contributed by atoms with van der Waals surface area (Å²) in [6.07, 6.45) is 5.64. The number of piperidine rings is 1. The normalized spacial score (nSPS) is 30.0. The number of carboxylic acids is 1. The zero-order chi connectivity index (χ0) is 18.0. The highest BCUT2D eigenvalue weighted by Crippen LogP contribution is 2.34. The molecule has 0 radical (unpaired) electrons. The number of carbonyl (C=O) groups is 2. The van der Waals surface area contributed by atoms with E-state index in [1.54, 1.807) is 0 Å². The van der Waals surface area contributed by atoms with Gasteiger partial charge in [-0.1, -0.05) is 13.3 Å². The average molecular weight is 360 g/mol. The zero-order valence-electron chi connectivity index (χ0n) is 14.5. The van der Waals surface area contributed by atoms with Crippen molar-refractivity contribution < 1.29 is 23.1 Å². The Bertz CT molecular complexity index is 573. The van der Waals surface area contributed by atoms with Gasteiger partial charge >= 0.3 is 5.97 Å². The summed E-state index contributed by atoms with van der Waals surface area (Å²) >= 11 is 0. The van der Waals surface area contributed by atoms with Crippen molar-refractivity contribution in [2.24, 2.45) is 11.8 Å². The fourth-order valence-electron chi connectivity index (χ4n) is 3.76. The highest BCUT2D eigenvalue weighted by atomic mass is 32.2. The number of carbonyl (C=O) groups excluding carboxylic acids is 1. The van der Waals surface area contributed by atoms with Crippen LogP contribution in [0.1, 0.15) is 51.9 Å². The Labute approximate surface area is 143 Å². The minimum absolute atomic E-state index is 0.250. The third kappa shape index (κ3) is 4.27. The molecule has 138 valence electrons. The Morgan fingerprint density at radius 1 is 1.17 bits per heavy atom. The van der Waals surface area contributed by atoms with Crippen LogP contribution < -0.4 is 5.32 Å². The maximum atomic E-state index is 12.5. The molecule has 0 unspecified atom stereocenters. The van der Waals surface area contributed by atoms with E-state index in [0.29, 0.717) is 44.7 Å². The van der Waals surface area contributed by atoms with Crippen molar-refractivity contribution in [1.82, 2.24) is 9.62 Å². The lowest BCUT2D eigenvalue weighted by Gasteiger charge is -2.39. The lowest BCUT2D eigenvalue weighted by molar-refractivity contribution is -0.150. The summed E-state index contributed by atoms with van der Waals surface area (Å²) in [5.41, 5.74) is -1.16. The molecule has 0 aromatic carbocycles. The predicted octanol–water partition coefficient (Wildman–Crippen LogP) is 1.20. The molecule has 1 aliphatic carbocycles. The van der Waals surface area contributed by atoms with Gasteiger partial charge in [0.15, 0.2) is 0 Å². The van der Waals surface area contributed by atoms with Crippen molar-refractivity contribution in [1.29, 1.82) is 0 Å². The first-order valence-electron chi connectivity index (χ1n) is 8.68. The van der Waals surface area contributed by atoms with E-state index < -0.39 is 21.5 Å². The highest BCUT2D eigenvalue weighted by Gasteiger charge is 2.44. The summed E-state index contributed by atoms with van der Waals surface area (Å²) < 4.78 is 24.4. The number of rotatable bonds is 5. The molecule has 1 saturated heterocycles. The molecule has 1 saturated carbocycles. The van der Waals surface area contributed by atoms with Gasteiger partial charge in [-0.25, -0.2) is 17.5 Å². The molecule has 0 spiro atoms. The molecule has 0 aromatic heterocycles. The fourth-order valence-corrected chi connectivity index (χ4v) is 4.63. The van der Waals surface area contributed by atoms with Crippen LogP contribution >= 0.6 is 0 Å². The van der Waals surface area contributed by atoms with Gasteiger partial charge in [0.1, 0.15) is 5.54 Å². The minimum atomic E-state index is -3.23. The molecule has 1 heterocycles. The van der Waals surface area contributed by atoms with E-state index in [9.17, 15) is 23.1 Å². The van der Waals surface area contributed by atoms with Crippen molar-refractivity contribution >= 4 is 21.9 Å². The SMILES string of the molecule is CCC1CCC(NC(=O)C2CCN(S(C)(=O)=O)CC2)(C(=O)O)CC1. The van der Waals surface area contributed by atoms with Gasteiger partial charge < -0.3 is 10.4 Å². The zero-order valence-corrected chi connectivity index (χ0v) is 15.3. The van der Waals surface area contributed by atoms with Crippen LogP contribution in [0.25, 0.3) is 0 Å². The molecular weight excluding hydrogens is 332 g/mol. The van der Waals surface area contributed by atoms with Crippen molar-refractivity contribution in [2.75, 3.05) is 19.3 Å². The van der Waals surface area contributed by atoms with Gasteiger partial charge in [-0.2, -0.15) is 0 Å². The molecule has 7 nitrogen and oxygen atoms in total. The number of amides is 1. The average Bonchev–Trinajstić information content (AvgIpc) is 2.54. The molecule has 2 fully saturated rings. The maximum Gasteiger partial charge on any atom is 0.329 e. The number of hydrogen-bond donors (Lipinski definition) is 2. The van der Waals surface area contributed by atoms with Gasteiger partial charge in [-0.15, -0.1) is 0 Å². The summed E-state index contributed by atoms with van der Waals surface area (Å²) in [5, 5.41) is 12.4. The van der Waals surface area contributed by atoms with Crippen molar-refractivity contribution in [3.05, 3.63) is 0 Å².